The topological polar surface area (TPSA) is 0 Å². The SMILES string of the molecule is CCCCCc1ccccc1C1=CC=CCC1. The molecule has 0 fully saturated rings. The third-order valence-corrected chi connectivity index (χ3v) is 3.43. The summed E-state index contributed by atoms with van der Waals surface area (Å²) < 4.78 is 0. The highest BCUT2D eigenvalue weighted by molar-refractivity contribution is 5.70. The van der Waals surface area contributed by atoms with Gasteiger partial charge < -0.3 is 0 Å². The molecule has 0 saturated carbocycles. The van der Waals surface area contributed by atoms with Gasteiger partial charge in [-0.15, -0.1) is 0 Å². The average molecular weight is 226 g/mol. The van der Waals surface area contributed by atoms with Gasteiger partial charge >= 0.3 is 0 Å². The Bertz CT molecular complexity index is 410. The fraction of sp³-hybridized carbons (Fsp3) is 0.412. The van der Waals surface area contributed by atoms with Crippen molar-refractivity contribution >= 4 is 5.57 Å². The minimum atomic E-state index is 1.19. The Morgan fingerprint density at radius 2 is 2.00 bits per heavy atom. The number of benzene rings is 1. The summed E-state index contributed by atoms with van der Waals surface area (Å²) in [6, 6.07) is 8.91. The largest absolute Gasteiger partial charge is 0.0842 e. The lowest BCUT2D eigenvalue weighted by atomic mass is 9.91. The highest BCUT2D eigenvalue weighted by Crippen LogP contribution is 2.27. The van der Waals surface area contributed by atoms with E-state index in [0.717, 1.165) is 0 Å². The Hall–Kier alpha value is -1.30. The van der Waals surface area contributed by atoms with Crippen molar-refractivity contribution in [3.8, 4) is 0 Å². The maximum absolute atomic E-state index is 2.30. The molecule has 0 heteroatoms. The molecule has 0 amide bonds. The lowest BCUT2D eigenvalue weighted by Crippen LogP contribution is -1.95. The monoisotopic (exact) mass is 226 g/mol. The zero-order valence-electron chi connectivity index (χ0n) is 10.8. The summed E-state index contributed by atoms with van der Waals surface area (Å²) >= 11 is 0. The van der Waals surface area contributed by atoms with Crippen LogP contribution in [0.2, 0.25) is 0 Å². The first kappa shape index (κ1) is 12.2. The van der Waals surface area contributed by atoms with Crippen LogP contribution >= 0.6 is 0 Å². The lowest BCUT2D eigenvalue weighted by Gasteiger charge is -2.14. The van der Waals surface area contributed by atoms with E-state index in [1.165, 1.54) is 55.2 Å². The molecule has 0 bridgehead atoms. The fourth-order valence-electron chi connectivity index (χ4n) is 2.44. The Labute approximate surface area is 105 Å². The normalized spacial score (nSPS) is 14.8. The molecule has 0 aromatic heterocycles. The second kappa shape index (κ2) is 6.44. The van der Waals surface area contributed by atoms with Crippen LogP contribution in [0.5, 0.6) is 0 Å². The van der Waals surface area contributed by atoms with E-state index in [-0.39, 0.29) is 0 Å². The average Bonchev–Trinajstić information content (AvgIpc) is 2.41. The Balaban J connectivity index is 2.15. The maximum Gasteiger partial charge on any atom is -0.0192 e. The van der Waals surface area contributed by atoms with Crippen molar-refractivity contribution in [2.75, 3.05) is 0 Å². The van der Waals surface area contributed by atoms with Gasteiger partial charge in [0.2, 0.25) is 0 Å². The molecule has 0 saturated heterocycles. The molecule has 0 unspecified atom stereocenters. The molecule has 0 N–H and O–H groups in total. The summed E-state index contributed by atoms with van der Waals surface area (Å²) in [6.45, 7) is 2.26. The van der Waals surface area contributed by atoms with Crippen molar-refractivity contribution in [1.29, 1.82) is 0 Å². The smallest absolute Gasteiger partial charge is 0.0192 e. The highest BCUT2D eigenvalue weighted by Gasteiger charge is 2.07. The minimum Gasteiger partial charge on any atom is -0.0842 e. The van der Waals surface area contributed by atoms with Crippen molar-refractivity contribution in [2.45, 2.75) is 45.4 Å². The molecule has 0 nitrogen and oxygen atoms in total. The maximum atomic E-state index is 2.30. The van der Waals surface area contributed by atoms with Gasteiger partial charge in [0.25, 0.3) is 0 Å². The molecule has 0 spiro atoms. The van der Waals surface area contributed by atoms with E-state index in [1.807, 2.05) is 0 Å². The molecule has 2 rings (SSSR count). The minimum absolute atomic E-state index is 1.19. The Morgan fingerprint density at radius 3 is 2.76 bits per heavy atom. The molecule has 0 aliphatic heterocycles. The van der Waals surface area contributed by atoms with Crippen LogP contribution in [-0.2, 0) is 6.42 Å². The van der Waals surface area contributed by atoms with E-state index >= 15 is 0 Å². The molecule has 1 aromatic carbocycles. The molecular weight excluding hydrogens is 204 g/mol. The third kappa shape index (κ3) is 3.33. The van der Waals surface area contributed by atoms with Crippen LogP contribution in [0.25, 0.3) is 5.57 Å². The highest BCUT2D eigenvalue weighted by atomic mass is 14.1. The van der Waals surface area contributed by atoms with Crippen LogP contribution in [0.4, 0.5) is 0 Å². The van der Waals surface area contributed by atoms with Crippen molar-refractivity contribution < 1.29 is 0 Å². The fourth-order valence-corrected chi connectivity index (χ4v) is 2.44. The van der Waals surface area contributed by atoms with Gasteiger partial charge in [-0.1, -0.05) is 62.3 Å². The molecule has 1 aromatic rings. The van der Waals surface area contributed by atoms with E-state index in [9.17, 15) is 0 Å². The predicted molar refractivity (Wildman–Crippen MR) is 76.0 cm³/mol. The van der Waals surface area contributed by atoms with Crippen LogP contribution in [0.15, 0.2) is 42.5 Å². The van der Waals surface area contributed by atoms with Gasteiger partial charge in [-0.25, -0.2) is 0 Å². The number of allylic oxidation sites excluding steroid dienone is 4. The first-order valence-corrected chi connectivity index (χ1v) is 6.86. The van der Waals surface area contributed by atoms with Gasteiger partial charge in [-0.3, -0.25) is 0 Å². The van der Waals surface area contributed by atoms with Gasteiger partial charge in [-0.2, -0.15) is 0 Å². The first-order chi connectivity index (χ1) is 8.42. The zero-order valence-corrected chi connectivity index (χ0v) is 10.8. The summed E-state index contributed by atoms with van der Waals surface area (Å²) in [5, 5.41) is 0. The Kier molecular flexibility index (Phi) is 4.61. The van der Waals surface area contributed by atoms with Crippen LogP contribution in [-0.4, -0.2) is 0 Å². The second-order valence-corrected chi connectivity index (χ2v) is 4.77. The molecular formula is C17H22. The van der Waals surface area contributed by atoms with Crippen LogP contribution in [0.3, 0.4) is 0 Å². The van der Waals surface area contributed by atoms with E-state index in [1.54, 1.807) is 0 Å². The van der Waals surface area contributed by atoms with E-state index < -0.39 is 0 Å². The summed E-state index contributed by atoms with van der Waals surface area (Å²) in [5.41, 5.74) is 4.52. The lowest BCUT2D eigenvalue weighted by molar-refractivity contribution is 0.716. The molecule has 17 heavy (non-hydrogen) atoms. The van der Waals surface area contributed by atoms with E-state index in [0.29, 0.717) is 0 Å². The van der Waals surface area contributed by atoms with Crippen LogP contribution in [0, 0.1) is 0 Å². The standard InChI is InChI=1S/C17H22/c1-2-3-5-10-15-13-8-9-14-17(15)16-11-6-4-7-12-16/h4,6,8-9,11,13-14H,2-3,5,7,10,12H2,1H3. The van der Waals surface area contributed by atoms with E-state index in [2.05, 4.69) is 49.4 Å². The molecule has 0 radical (unpaired) electrons. The van der Waals surface area contributed by atoms with Gasteiger partial charge in [0, 0.05) is 0 Å². The van der Waals surface area contributed by atoms with Crippen LogP contribution in [0.1, 0.15) is 50.2 Å². The third-order valence-electron chi connectivity index (χ3n) is 3.43. The molecule has 1 aliphatic carbocycles. The number of aryl methyl sites for hydroxylation is 1. The van der Waals surface area contributed by atoms with Crippen molar-refractivity contribution in [1.82, 2.24) is 0 Å². The number of unbranched alkanes of at least 4 members (excludes halogenated alkanes) is 2. The predicted octanol–water partition coefficient (Wildman–Crippen LogP) is 5.15. The zero-order chi connectivity index (χ0) is 11.9. The number of hydrogen-bond acceptors (Lipinski definition) is 0. The molecule has 0 heterocycles. The van der Waals surface area contributed by atoms with Crippen molar-refractivity contribution in [3.63, 3.8) is 0 Å². The van der Waals surface area contributed by atoms with Crippen molar-refractivity contribution in [2.24, 2.45) is 0 Å². The number of rotatable bonds is 5. The van der Waals surface area contributed by atoms with Crippen LogP contribution < -0.4 is 0 Å². The summed E-state index contributed by atoms with van der Waals surface area (Å²) in [6.07, 6.45) is 14.3. The Morgan fingerprint density at radius 1 is 1.12 bits per heavy atom. The quantitative estimate of drug-likeness (QED) is 0.609. The van der Waals surface area contributed by atoms with E-state index in [4.69, 9.17) is 0 Å². The summed E-state index contributed by atoms with van der Waals surface area (Å²) in [7, 11) is 0. The molecule has 90 valence electrons. The van der Waals surface area contributed by atoms with Gasteiger partial charge in [0.05, 0.1) is 0 Å². The van der Waals surface area contributed by atoms with Gasteiger partial charge in [0.1, 0.15) is 0 Å². The van der Waals surface area contributed by atoms with Gasteiger partial charge in [0.15, 0.2) is 0 Å². The summed E-state index contributed by atoms with van der Waals surface area (Å²) in [5.74, 6) is 0. The molecule has 0 atom stereocenters. The first-order valence-electron chi connectivity index (χ1n) is 6.86. The molecule has 1 aliphatic rings. The summed E-state index contributed by atoms with van der Waals surface area (Å²) in [4.78, 5) is 0. The van der Waals surface area contributed by atoms with Crippen molar-refractivity contribution in [3.05, 3.63) is 53.6 Å². The number of hydrogen-bond donors (Lipinski definition) is 0. The second-order valence-electron chi connectivity index (χ2n) is 4.77. The van der Waals surface area contributed by atoms with Gasteiger partial charge in [-0.05, 0) is 42.4 Å².